The molecule has 2 aromatic heterocycles. The van der Waals surface area contributed by atoms with Crippen LogP contribution in [-0.2, 0) is 11.2 Å². The number of carbonyl (C=O) groups is 1. The third kappa shape index (κ3) is 3.69. The molecule has 6 nitrogen and oxygen atoms in total. The first-order chi connectivity index (χ1) is 9.56. The summed E-state index contributed by atoms with van der Waals surface area (Å²) in [6, 6.07) is 3.65. The predicted molar refractivity (Wildman–Crippen MR) is 74.1 cm³/mol. The summed E-state index contributed by atoms with van der Waals surface area (Å²) in [6.45, 7) is 5.71. The van der Waals surface area contributed by atoms with Crippen LogP contribution in [0.1, 0.15) is 37.8 Å². The Balaban J connectivity index is 1.79. The Morgan fingerprint density at radius 3 is 2.85 bits per heavy atom. The largest absolute Gasteiger partial charge is 0.466 e. The number of aromatic nitrogens is 3. The molecular weight excluding hydrogens is 256 g/mol. The maximum atomic E-state index is 12.0. The fourth-order valence-corrected chi connectivity index (χ4v) is 1.95. The van der Waals surface area contributed by atoms with Crippen LogP contribution in [0.25, 0.3) is 0 Å². The summed E-state index contributed by atoms with van der Waals surface area (Å²) < 4.78 is 7.05. The van der Waals surface area contributed by atoms with Gasteiger partial charge in [-0.3, -0.25) is 4.79 Å². The summed E-state index contributed by atoms with van der Waals surface area (Å²) in [5.74, 6) is 1.81. The van der Waals surface area contributed by atoms with Crippen molar-refractivity contribution in [1.29, 1.82) is 0 Å². The highest BCUT2D eigenvalue weighted by Crippen LogP contribution is 2.10. The van der Waals surface area contributed by atoms with Crippen molar-refractivity contribution in [2.24, 2.45) is 0 Å². The van der Waals surface area contributed by atoms with Gasteiger partial charge >= 0.3 is 0 Å². The van der Waals surface area contributed by atoms with Gasteiger partial charge in [0.15, 0.2) is 0 Å². The summed E-state index contributed by atoms with van der Waals surface area (Å²) >= 11 is 0. The van der Waals surface area contributed by atoms with Crippen LogP contribution in [0.3, 0.4) is 0 Å². The second-order valence-corrected chi connectivity index (χ2v) is 5.01. The minimum absolute atomic E-state index is 0.0568. The van der Waals surface area contributed by atoms with E-state index in [9.17, 15) is 4.79 Å². The quantitative estimate of drug-likeness (QED) is 0.874. The Kier molecular flexibility index (Phi) is 4.55. The number of hydrogen-bond acceptors (Lipinski definition) is 4. The summed E-state index contributed by atoms with van der Waals surface area (Å²) in [4.78, 5) is 15.9. The van der Waals surface area contributed by atoms with Gasteiger partial charge in [-0.1, -0.05) is 0 Å². The van der Waals surface area contributed by atoms with Gasteiger partial charge in [-0.15, -0.1) is 0 Å². The van der Waals surface area contributed by atoms with E-state index in [-0.39, 0.29) is 18.0 Å². The molecule has 1 amide bonds. The number of rotatable bonds is 6. The average molecular weight is 276 g/mol. The number of hydrogen-bond donors (Lipinski definition) is 1. The minimum atomic E-state index is -0.356. The first kappa shape index (κ1) is 14.3. The van der Waals surface area contributed by atoms with Crippen molar-refractivity contribution >= 4 is 5.91 Å². The van der Waals surface area contributed by atoms with E-state index < -0.39 is 0 Å². The molecule has 0 unspecified atom stereocenters. The van der Waals surface area contributed by atoms with E-state index in [4.69, 9.17) is 4.42 Å². The van der Waals surface area contributed by atoms with Crippen LogP contribution in [0.4, 0.5) is 0 Å². The summed E-state index contributed by atoms with van der Waals surface area (Å²) in [5.41, 5.74) is 0. The summed E-state index contributed by atoms with van der Waals surface area (Å²) in [6.07, 6.45) is 4.61. The van der Waals surface area contributed by atoms with E-state index in [1.54, 1.807) is 13.3 Å². The zero-order chi connectivity index (χ0) is 14.5. The predicted octanol–water partition coefficient (Wildman–Crippen LogP) is 1.88. The van der Waals surface area contributed by atoms with E-state index >= 15 is 0 Å². The Labute approximate surface area is 118 Å². The minimum Gasteiger partial charge on any atom is -0.466 e. The molecule has 0 bridgehead atoms. The molecule has 2 heterocycles. The highest BCUT2D eigenvalue weighted by atomic mass is 16.3. The molecule has 0 fully saturated rings. The summed E-state index contributed by atoms with van der Waals surface area (Å²) in [5, 5.41) is 6.95. The van der Waals surface area contributed by atoms with Crippen molar-refractivity contribution in [1.82, 2.24) is 20.1 Å². The van der Waals surface area contributed by atoms with Crippen LogP contribution >= 0.6 is 0 Å². The molecule has 1 N–H and O–H groups in total. The number of nitrogens with one attached hydrogen (secondary N) is 1. The van der Waals surface area contributed by atoms with Crippen LogP contribution in [0.5, 0.6) is 0 Å². The van der Waals surface area contributed by atoms with Gasteiger partial charge in [0.25, 0.3) is 0 Å². The zero-order valence-electron chi connectivity index (χ0n) is 12.0. The summed E-state index contributed by atoms with van der Waals surface area (Å²) in [7, 11) is 0. The fourth-order valence-electron chi connectivity index (χ4n) is 1.95. The van der Waals surface area contributed by atoms with Gasteiger partial charge in [0, 0.05) is 12.5 Å². The van der Waals surface area contributed by atoms with Gasteiger partial charge in [0.2, 0.25) is 5.91 Å². The average Bonchev–Trinajstić information content (AvgIpc) is 3.06. The fraction of sp³-hybridized carbons (Fsp3) is 0.500. The molecule has 108 valence electrons. The van der Waals surface area contributed by atoms with Gasteiger partial charge in [-0.25, -0.2) is 9.67 Å². The van der Waals surface area contributed by atoms with Crippen LogP contribution < -0.4 is 5.32 Å². The van der Waals surface area contributed by atoms with Gasteiger partial charge in [0.1, 0.15) is 30.2 Å². The molecule has 0 spiro atoms. The van der Waals surface area contributed by atoms with Crippen LogP contribution in [0.15, 0.2) is 29.2 Å². The lowest BCUT2D eigenvalue weighted by Crippen LogP contribution is -2.37. The van der Waals surface area contributed by atoms with Gasteiger partial charge in [-0.2, -0.15) is 5.10 Å². The van der Waals surface area contributed by atoms with Gasteiger partial charge in [-0.05, 0) is 39.3 Å². The van der Waals surface area contributed by atoms with Gasteiger partial charge in [0.05, 0.1) is 0 Å². The number of aryl methyl sites for hydroxylation is 2. The Morgan fingerprint density at radius 1 is 1.45 bits per heavy atom. The van der Waals surface area contributed by atoms with E-state index in [1.807, 2.05) is 26.0 Å². The lowest BCUT2D eigenvalue weighted by molar-refractivity contribution is -0.124. The van der Waals surface area contributed by atoms with Crippen molar-refractivity contribution in [3.63, 3.8) is 0 Å². The standard InChI is InChI=1S/C14H20N4O2/c1-10(4-6-13-7-5-11(2)20-13)17-14(19)12(3)18-9-15-8-16-18/h5,7-10,12H,4,6H2,1-3H3,(H,17,19)/t10-,12+/m1/s1. The van der Waals surface area contributed by atoms with Crippen molar-refractivity contribution in [3.8, 4) is 0 Å². The van der Waals surface area contributed by atoms with E-state index in [2.05, 4.69) is 15.4 Å². The molecule has 0 aliphatic heterocycles. The molecule has 0 saturated carbocycles. The van der Waals surface area contributed by atoms with E-state index in [0.717, 1.165) is 24.4 Å². The zero-order valence-corrected chi connectivity index (χ0v) is 12.0. The maximum absolute atomic E-state index is 12.0. The molecular formula is C14H20N4O2. The maximum Gasteiger partial charge on any atom is 0.244 e. The normalized spacial score (nSPS) is 13.9. The molecule has 0 aliphatic rings. The molecule has 0 radical (unpaired) electrons. The molecule has 2 atom stereocenters. The Hall–Kier alpha value is -2.11. The number of amides is 1. The van der Waals surface area contributed by atoms with Gasteiger partial charge < -0.3 is 9.73 Å². The molecule has 20 heavy (non-hydrogen) atoms. The van der Waals surface area contributed by atoms with Crippen LogP contribution in [0, 0.1) is 6.92 Å². The molecule has 0 saturated heterocycles. The van der Waals surface area contributed by atoms with Crippen molar-refractivity contribution in [2.75, 3.05) is 0 Å². The lowest BCUT2D eigenvalue weighted by atomic mass is 10.1. The first-order valence-electron chi connectivity index (χ1n) is 6.76. The van der Waals surface area contributed by atoms with Crippen LogP contribution in [-0.4, -0.2) is 26.7 Å². The SMILES string of the molecule is Cc1ccc(CC[C@@H](C)NC(=O)[C@H](C)n2cncn2)o1. The highest BCUT2D eigenvalue weighted by Gasteiger charge is 2.17. The lowest BCUT2D eigenvalue weighted by Gasteiger charge is -2.17. The number of carbonyl (C=O) groups excluding carboxylic acids is 1. The molecule has 0 aliphatic carbocycles. The number of nitrogens with zero attached hydrogens (tertiary/aromatic N) is 3. The van der Waals surface area contributed by atoms with Crippen molar-refractivity contribution < 1.29 is 9.21 Å². The van der Waals surface area contributed by atoms with E-state index in [0.29, 0.717) is 0 Å². The second-order valence-electron chi connectivity index (χ2n) is 5.01. The third-order valence-corrected chi connectivity index (χ3v) is 3.22. The molecule has 6 heteroatoms. The van der Waals surface area contributed by atoms with Crippen LogP contribution in [0.2, 0.25) is 0 Å². The third-order valence-electron chi connectivity index (χ3n) is 3.22. The van der Waals surface area contributed by atoms with Crippen molar-refractivity contribution in [2.45, 2.75) is 45.7 Å². The highest BCUT2D eigenvalue weighted by molar-refractivity contribution is 5.79. The Morgan fingerprint density at radius 2 is 2.25 bits per heavy atom. The number of furan rings is 1. The topological polar surface area (TPSA) is 73.0 Å². The van der Waals surface area contributed by atoms with Crippen molar-refractivity contribution in [3.05, 3.63) is 36.3 Å². The monoisotopic (exact) mass is 276 g/mol. The Bertz CT molecular complexity index is 547. The molecule has 0 aromatic carbocycles. The molecule has 2 aromatic rings. The van der Waals surface area contributed by atoms with E-state index in [1.165, 1.54) is 11.0 Å². The molecule has 2 rings (SSSR count). The smallest absolute Gasteiger partial charge is 0.244 e. The second kappa shape index (κ2) is 6.36. The first-order valence-corrected chi connectivity index (χ1v) is 6.76.